The maximum absolute atomic E-state index is 8.80. The van der Waals surface area contributed by atoms with Gasteiger partial charge in [-0.15, -0.1) is 0 Å². The molecule has 0 saturated heterocycles. The molecule has 0 saturated carbocycles. The third-order valence-corrected chi connectivity index (χ3v) is 3.41. The van der Waals surface area contributed by atoms with Crippen LogP contribution in [-0.2, 0) is 6.42 Å². The zero-order valence-corrected chi connectivity index (χ0v) is 8.63. The Morgan fingerprint density at radius 3 is 3.00 bits per heavy atom. The number of nitrogens with two attached hydrogens (primary N) is 1. The molecule has 3 heteroatoms. The molecule has 1 aromatic carbocycles. The molecule has 2 N–H and O–H groups in total. The maximum Gasteiger partial charge on any atom is 0.100 e. The van der Waals surface area contributed by atoms with Crippen molar-refractivity contribution in [1.82, 2.24) is 0 Å². The molecule has 0 spiro atoms. The van der Waals surface area contributed by atoms with Crippen LogP contribution in [0.4, 0.5) is 0 Å². The van der Waals surface area contributed by atoms with Gasteiger partial charge in [0, 0.05) is 10.5 Å². The van der Waals surface area contributed by atoms with Crippen LogP contribution in [-0.4, -0.2) is 0 Å². The van der Waals surface area contributed by atoms with Gasteiger partial charge in [0.1, 0.15) is 6.07 Å². The van der Waals surface area contributed by atoms with Crippen LogP contribution in [0.3, 0.4) is 0 Å². The third kappa shape index (κ3) is 1.27. The molecule has 1 atom stereocenters. The van der Waals surface area contributed by atoms with Crippen LogP contribution in [0.15, 0.2) is 16.6 Å². The van der Waals surface area contributed by atoms with Gasteiger partial charge < -0.3 is 5.73 Å². The number of benzene rings is 1. The lowest BCUT2D eigenvalue weighted by Crippen LogP contribution is -2.05. The van der Waals surface area contributed by atoms with Crippen molar-refractivity contribution in [2.24, 2.45) is 5.73 Å². The van der Waals surface area contributed by atoms with Crippen LogP contribution in [0.25, 0.3) is 0 Å². The summed E-state index contributed by atoms with van der Waals surface area (Å²) in [7, 11) is 0. The molecule has 0 aromatic heterocycles. The largest absolute Gasteiger partial charge is 0.324 e. The molecule has 1 aromatic rings. The minimum atomic E-state index is 0.152. The highest BCUT2D eigenvalue weighted by molar-refractivity contribution is 9.10. The molecule has 0 fully saturated rings. The SMILES string of the molecule is N#Cc1ccc2c(c1Br)CCC2N. The first kappa shape index (κ1) is 8.74. The number of halogens is 1. The summed E-state index contributed by atoms with van der Waals surface area (Å²) in [6.07, 6.45) is 1.97. The van der Waals surface area contributed by atoms with Crippen molar-refractivity contribution in [2.45, 2.75) is 18.9 Å². The van der Waals surface area contributed by atoms with E-state index in [2.05, 4.69) is 22.0 Å². The minimum absolute atomic E-state index is 0.152. The molecule has 1 aliphatic carbocycles. The molecule has 13 heavy (non-hydrogen) atoms. The number of hydrogen-bond acceptors (Lipinski definition) is 2. The first-order valence-electron chi connectivity index (χ1n) is 4.21. The van der Waals surface area contributed by atoms with Crippen molar-refractivity contribution < 1.29 is 0 Å². The van der Waals surface area contributed by atoms with E-state index in [1.165, 1.54) is 11.1 Å². The molecular weight excluding hydrogens is 228 g/mol. The minimum Gasteiger partial charge on any atom is -0.324 e. The molecule has 66 valence electrons. The monoisotopic (exact) mass is 236 g/mol. The predicted octanol–water partition coefficient (Wildman–Crippen LogP) is 2.27. The molecule has 0 bridgehead atoms. The lowest BCUT2D eigenvalue weighted by atomic mass is 10.1. The highest BCUT2D eigenvalue weighted by atomic mass is 79.9. The van der Waals surface area contributed by atoms with Crippen molar-refractivity contribution in [3.8, 4) is 6.07 Å². The average molecular weight is 237 g/mol. The molecule has 1 unspecified atom stereocenters. The first-order valence-corrected chi connectivity index (χ1v) is 5.00. The Bertz CT molecular complexity index is 393. The van der Waals surface area contributed by atoms with Crippen LogP contribution in [0, 0.1) is 11.3 Å². The standard InChI is InChI=1S/C10H9BrN2/c11-10-6(5-12)1-2-7-8(10)3-4-9(7)13/h1-2,9H,3-4,13H2. The first-order chi connectivity index (χ1) is 6.24. The zero-order chi connectivity index (χ0) is 9.42. The number of hydrogen-bond donors (Lipinski definition) is 1. The van der Waals surface area contributed by atoms with Gasteiger partial charge >= 0.3 is 0 Å². The van der Waals surface area contributed by atoms with Gasteiger partial charge in [0.2, 0.25) is 0 Å². The number of fused-ring (bicyclic) bond motifs is 1. The summed E-state index contributed by atoms with van der Waals surface area (Å²) in [6.45, 7) is 0. The van der Waals surface area contributed by atoms with Gasteiger partial charge in [-0.1, -0.05) is 6.07 Å². The summed E-state index contributed by atoms with van der Waals surface area (Å²) in [6, 6.07) is 6.10. The fraction of sp³-hybridized carbons (Fsp3) is 0.300. The Morgan fingerprint density at radius 2 is 2.31 bits per heavy atom. The lowest BCUT2D eigenvalue weighted by molar-refractivity contribution is 0.713. The van der Waals surface area contributed by atoms with Crippen LogP contribution in [0.2, 0.25) is 0 Å². The van der Waals surface area contributed by atoms with E-state index in [9.17, 15) is 0 Å². The third-order valence-electron chi connectivity index (χ3n) is 2.50. The van der Waals surface area contributed by atoms with E-state index in [0.717, 1.165) is 17.3 Å². The van der Waals surface area contributed by atoms with E-state index in [-0.39, 0.29) is 6.04 Å². The fourth-order valence-corrected chi connectivity index (χ4v) is 2.43. The second-order valence-corrected chi connectivity index (χ2v) is 4.04. The second kappa shape index (κ2) is 3.13. The van der Waals surface area contributed by atoms with E-state index < -0.39 is 0 Å². The highest BCUT2D eigenvalue weighted by Gasteiger charge is 2.22. The Hall–Kier alpha value is -0.850. The van der Waals surface area contributed by atoms with Gasteiger partial charge in [0.25, 0.3) is 0 Å². The smallest absolute Gasteiger partial charge is 0.100 e. The van der Waals surface area contributed by atoms with Gasteiger partial charge in [0.05, 0.1) is 5.56 Å². The number of nitrogens with zero attached hydrogens (tertiary/aromatic N) is 1. The van der Waals surface area contributed by atoms with Gasteiger partial charge in [-0.2, -0.15) is 5.26 Å². The van der Waals surface area contributed by atoms with Crippen molar-refractivity contribution in [3.05, 3.63) is 33.3 Å². The van der Waals surface area contributed by atoms with E-state index in [4.69, 9.17) is 11.0 Å². The van der Waals surface area contributed by atoms with E-state index in [1.807, 2.05) is 12.1 Å². The second-order valence-electron chi connectivity index (χ2n) is 3.25. The van der Waals surface area contributed by atoms with Crippen LogP contribution >= 0.6 is 15.9 Å². The molecule has 0 amide bonds. The summed E-state index contributed by atoms with van der Waals surface area (Å²) in [5.41, 5.74) is 9.01. The quantitative estimate of drug-likeness (QED) is 0.752. The lowest BCUT2D eigenvalue weighted by Gasteiger charge is -2.06. The molecule has 0 heterocycles. The van der Waals surface area contributed by atoms with Gasteiger partial charge in [0.15, 0.2) is 0 Å². The van der Waals surface area contributed by atoms with E-state index in [0.29, 0.717) is 5.56 Å². The molecule has 1 aliphatic rings. The Morgan fingerprint density at radius 1 is 1.54 bits per heavy atom. The molecule has 0 aliphatic heterocycles. The molecular formula is C10H9BrN2. The van der Waals surface area contributed by atoms with Crippen molar-refractivity contribution in [3.63, 3.8) is 0 Å². The number of nitriles is 1. The van der Waals surface area contributed by atoms with Crippen molar-refractivity contribution in [2.75, 3.05) is 0 Å². The van der Waals surface area contributed by atoms with Crippen LogP contribution in [0.5, 0.6) is 0 Å². The summed E-state index contributed by atoms with van der Waals surface area (Å²) in [5.74, 6) is 0. The normalized spacial score (nSPS) is 19.6. The molecule has 2 nitrogen and oxygen atoms in total. The van der Waals surface area contributed by atoms with E-state index >= 15 is 0 Å². The molecule has 0 radical (unpaired) electrons. The summed E-state index contributed by atoms with van der Waals surface area (Å²) < 4.78 is 0.931. The predicted molar refractivity (Wildman–Crippen MR) is 54.1 cm³/mol. The fourth-order valence-electron chi connectivity index (χ4n) is 1.78. The van der Waals surface area contributed by atoms with Gasteiger partial charge in [-0.25, -0.2) is 0 Å². The van der Waals surface area contributed by atoms with Gasteiger partial charge in [-0.05, 0) is 46.0 Å². The highest BCUT2D eigenvalue weighted by Crippen LogP contribution is 2.35. The van der Waals surface area contributed by atoms with Crippen LogP contribution < -0.4 is 5.73 Å². The van der Waals surface area contributed by atoms with Crippen molar-refractivity contribution in [1.29, 1.82) is 5.26 Å². The Balaban J connectivity index is 2.62. The Kier molecular flexibility index (Phi) is 2.10. The van der Waals surface area contributed by atoms with Gasteiger partial charge in [-0.3, -0.25) is 0 Å². The Labute approximate surface area is 85.5 Å². The average Bonchev–Trinajstić information content (AvgIpc) is 2.50. The summed E-state index contributed by atoms with van der Waals surface area (Å²) in [4.78, 5) is 0. The topological polar surface area (TPSA) is 49.8 Å². The maximum atomic E-state index is 8.80. The van der Waals surface area contributed by atoms with Crippen molar-refractivity contribution >= 4 is 15.9 Å². The molecule has 2 rings (SSSR count). The summed E-state index contributed by atoms with van der Waals surface area (Å²) in [5, 5.41) is 8.80. The zero-order valence-electron chi connectivity index (χ0n) is 7.05. The summed E-state index contributed by atoms with van der Waals surface area (Å²) >= 11 is 3.44. The van der Waals surface area contributed by atoms with E-state index in [1.54, 1.807) is 0 Å². The van der Waals surface area contributed by atoms with Crippen LogP contribution in [0.1, 0.15) is 29.2 Å². The number of rotatable bonds is 0.